The second-order valence-corrected chi connectivity index (χ2v) is 10.4. The largest absolute Gasteiger partial charge is 0.481 e. The van der Waals surface area contributed by atoms with E-state index in [1.165, 1.54) is 0 Å². The standard InChI is InChI=1S/C30H38N8O7/c31-20(14-18-16-35-21-10-5-4-9-19(18)21)26(41)37-24(15-25(39)40)28(43)38-23(13-17-7-2-1-3-8-17)27(42)36-22(29(44)45)11-6-12-34-30(32)33/h1-5,7-10,16,20,22-24,35H,6,11-15,31H2,(H,36,42)(H,37,41)(H,38,43)(H,39,40)(H,44,45)(H4,32,33,34). The van der Waals surface area contributed by atoms with Crippen molar-refractivity contribution >= 4 is 46.5 Å². The molecular formula is C30H38N8O7. The van der Waals surface area contributed by atoms with Crippen molar-refractivity contribution in [2.75, 3.05) is 6.54 Å². The van der Waals surface area contributed by atoms with Gasteiger partial charge in [0.1, 0.15) is 18.1 Å². The van der Waals surface area contributed by atoms with E-state index in [1.54, 1.807) is 36.5 Å². The molecule has 0 aliphatic rings. The minimum Gasteiger partial charge on any atom is -0.481 e. The average Bonchev–Trinajstić information content (AvgIpc) is 3.40. The molecule has 0 aliphatic heterocycles. The summed E-state index contributed by atoms with van der Waals surface area (Å²) in [5, 5.41) is 27.3. The van der Waals surface area contributed by atoms with Crippen LogP contribution in [0.1, 0.15) is 30.4 Å². The van der Waals surface area contributed by atoms with Gasteiger partial charge in [0.05, 0.1) is 12.5 Å². The number of guanidine groups is 1. The number of aliphatic imine (C=N–C) groups is 1. The van der Waals surface area contributed by atoms with Gasteiger partial charge < -0.3 is 48.3 Å². The second-order valence-electron chi connectivity index (χ2n) is 10.4. The zero-order chi connectivity index (χ0) is 32.9. The van der Waals surface area contributed by atoms with E-state index in [0.717, 1.165) is 16.5 Å². The van der Waals surface area contributed by atoms with Gasteiger partial charge in [0.2, 0.25) is 17.7 Å². The number of hydrogen-bond donors (Lipinski definition) is 9. The molecule has 1 aromatic heterocycles. The molecule has 4 atom stereocenters. The Bertz CT molecular complexity index is 1520. The van der Waals surface area contributed by atoms with Gasteiger partial charge in [0.15, 0.2) is 5.96 Å². The summed E-state index contributed by atoms with van der Waals surface area (Å²) in [4.78, 5) is 70.1. The van der Waals surface area contributed by atoms with Gasteiger partial charge in [0, 0.05) is 30.1 Å². The van der Waals surface area contributed by atoms with Gasteiger partial charge in [-0.2, -0.15) is 0 Å². The van der Waals surface area contributed by atoms with Crippen LogP contribution in [-0.4, -0.2) is 81.5 Å². The number of para-hydroxylation sites is 1. The number of H-pyrrole nitrogens is 1. The van der Waals surface area contributed by atoms with Crippen LogP contribution < -0.4 is 33.2 Å². The van der Waals surface area contributed by atoms with Crippen molar-refractivity contribution in [3.05, 3.63) is 71.9 Å². The van der Waals surface area contributed by atoms with Crippen LogP contribution in [0.5, 0.6) is 0 Å². The quantitative estimate of drug-likeness (QED) is 0.0521. The number of rotatable bonds is 17. The first-order valence-corrected chi connectivity index (χ1v) is 14.2. The summed E-state index contributed by atoms with van der Waals surface area (Å²) < 4.78 is 0. The van der Waals surface area contributed by atoms with Crippen LogP contribution in [0.2, 0.25) is 0 Å². The van der Waals surface area contributed by atoms with E-state index >= 15 is 0 Å². The van der Waals surface area contributed by atoms with Crippen molar-refractivity contribution in [2.45, 2.75) is 56.3 Å². The van der Waals surface area contributed by atoms with Gasteiger partial charge in [-0.05, 0) is 36.5 Å². The number of carbonyl (C=O) groups is 5. The first-order chi connectivity index (χ1) is 21.4. The van der Waals surface area contributed by atoms with E-state index in [1.807, 2.05) is 24.3 Å². The average molecular weight is 623 g/mol. The molecule has 3 amide bonds. The number of fused-ring (bicyclic) bond motifs is 1. The highest BCUT2D eigenvalue weighted by molar-refractivity contribution is 5.96. The molecule has 0 aliphatic carbocycles. The molecule has 15 heteroatoms. The van der Waals surface area contributed by atoms with Crippen LogP contribution in [0.25, 0.3) is 10.9 Å². The predicted octanol–water partition coefficient (Wildman–Crippen LogP) is -0.652. The summed E-state index contributed by atoms with van der Waals surface area (Å²) in [5.74, 6) is -5.39. The molecule has 0 bridgehead atoms. The van der Waals surface area contributed by atoms with Crippen LogP contribution in [0.15, 0.2) is 65.8 Å². The number of aliphatic carboxylic acids is 2. The molecule has 12 N–H and O–H groups in total. The number of carboxylic acids is 2. The summed E-state index contributed by atoms with van der Waals surface area (Å²) in [6, 6.07) is 10.7. The van der Waals surface area contributed by atoms with Gasteiger partial charge >= 0.3 is 11.9 Å². The third kappa shape index (κ3) is 10.7. The van der Waals surface area contributed by atoms with E-state index in [-0.39, 0.29) is 38.2 Å². The predicted molar refractivity (Wildman–Crippen MR) is 166 cm³/mol. The van der Waals surface area contributed by atoms with Gasteiger partial charge in [-0.25, -0.2) is 4.79 Å². The summed E-state index contributed by atoms with van der Waals surface area (Å²) in [5.41, 5.74) is 19.0. The third-order valence-corrected chi connectivity index (χ3v) is 6.94. The van der Waals surface area contributed by atoms with E-state index in [9.17, 15) is 34.2 Å². The van der Waals surface area contributed by atoms with E-state index in [2.05, 4.69) is 25.9 Å². The number of carboxylic acid groups (broad SMARTS) is 2. The lowest BCUT2D eigenvalue weighted by molar-refractivity contribution is -0.143. The van der Waals surface area contributed by atoms with Crippen molar-refractivity contribution in [1.82, 2.24) is 20.9 Å². The molecule has 15 nitrogen and oxygen atoms in total. The SMILES string of the molecule is NC(N)=NCCCC(NC(=O)C(Cc1ccccc1)NC(=O)C(CC(=O)O)NC(=O)C(N)Cc1c[nH]c2ccccc12)C(=O)O. The van der Waals surface area contributed by atoms with Gasteiger partial charge in [0.25, 0.3) is 0 Å². The molecule has 4 unspecified atom stereocenters. The lowest BCUT2D eigenvalue weighted by Gasteiger charge is -2.25. The lowest BCUT2D eigenvalue weighted by atomic mass is 10.0. The molecule has 0 spiro atoms. The first kappa shape index (κ1) is 34.1. The Balaban J connectivity index is 1.74. The van der Waals surface area contributed by atoms with Crippen LogP contribution in [0.3, 0.4) is 0 Å². The number of amides is 3. The highest BCUT2D eigenvalue weighted by Gasteiger charge is 2.31. The Morgan fingerprint density at radius 1 is 0.800 bits per heavy atom. The number of hydrogen-bond acceptors (Lipinski definition) is 7. The normalized spacial score (nSPS) is 13.5. The zero-order valence-electron chi connectivity index (χ0n) is 24.4. The van der Waals surface area contributed by atoms with Crippen molar-refractivity contribution in [3.63, 3.8) is 0 Å². The molecule has 2 aromatic carbocycles. The molecule has 1 heterocycles. The maximum absolute atomic E-state index is 13.4. The molecule has 0 saturated heterocycles. The fourth-order valence-corrected chi connectivity index (χ4v) is 4.66. The van der Waals surface area contributed by atoms with Crippen molar-refractivity contribution in [2.24, 2.45) is 22.2 Å². The maximum Gasteiger partial charge on any atom is 0.326 e. The fraction of sp³-hybridized carbons (Fsp3) is 0.333. The molecular weight excluding hydrogens is 584 g/mol. The Morgan fingerprint density at radius 3 is 2.09 bits per heavy atom. The number of nitrogens with two attached hydrogens (primary N) is 3. The number of aromatic amines is 1. The first-order valence-electron chi connectivity index (χ1n) is 14.2. The molecule has 0 radical (unpaired) electrons. The van der Waals surface area contributed by atoms with Crippen LogP contribution in [0.4, 0.5) is 0 Å². The van der Waals surface area contributed by atoms with E-state index in [0.29, 0.717) is 5.56 Å². The summed E-state index contributed by atoms with van der Waals surface area (Å²) in [6.45, 7) is 0.144. The third-order valence-electron chi connectivity index (χ3n) is 6.94. The van der Waals surface area contributed by atoms with Gasteiger partial charge in [-0.15, -0.1) is 0 Å². The smallest absolute Gasteiger partial charge is 0.326 e. The summed E-state index contributed by atoms with van der Waals surface area (Å²) in [6.07, 6.45) is 1.23. The Hall–Kier alpha value is -5.44. The fourth-order valence-electron chi connectivity index (χ4n) is 4.66. The number of nitrogens with one attached hydrogen (secondary N) is 4. The molecule has 45 heavy (non-hydrogen) atoms. The van der Waals surface area contributed by atoms with Crippen molar-refractivity contribution in [3.8, 4) is 0 Å². The van der Waals surface area contributed by atoms with Gasteiger partial charge in [-0.3, -0.25) is 24.2 Å². The molecule has 240 valence electrons. The number of benzene rings is 2. The highest BCUT2D eigenvalue weighted by atomic mass is 16.4. The zero-order valence-corrected chi connectivity index (χ0v) is 24.4. The lowest BCUT2D eigenvalue weighted by Crippen LogP contribution is -2.58. The molecule has 0 fully saturated rings. The minimum atomic E-state index is -1.58. The Kier molecular flexibility index (Phi) is 12.4. The van der Waals surface area contributed by atoms with Crippen molar-refractivity contribution in [1.29, 1.82) is 0 Å². The number of carbonyl (C=O) groups excluding carboxylic acids is 3. The highest BCUT2D eigenvalue weighted by Crippen LogP contribution is 2.19. The van der Waals surface area contributed by atoms with Crippen LogP contribution in [0, 0.1) is 0 Å². The number of nitrogens with zero attached hydrogens (tertiary/aromatic N) is 1. The van der Waals surface area contributed by atoms with Crippen molar-refractivity contribution < 1.29 is 34.2 Å². The molecule has 3 rings (SSSR count). The second kappa shape index (κ2) is 16.4. The van der Waals surface area contributed by atoms with E-state index < -0.39 is 60.2 Å². The Morgan fingerprint density at radius 2 is 1.42 bits per heavy atom. The van der Waals surface area contributed by atoms with Gasteiger partial charge in [-0.1, -0.05) is 48.5 Å². The minimum absolute atomic E-state index is 0.00410. The van der Waals surface area contributed by atoms with Crippen LogP contribution >= 0.6 is 0 Å². The Labute approximate surface area is 258 Å². The summed E-state index contributed by atoms with van der Waals surface area (Å²) >= 11 is 0. The van der Waals surface area contributed by atoms with E-state index in [4.69, 9.17) is 17.2 Å². The monoisotopic (exact) mass is 622 g/mol. The van der Waals surface area contributed by atoms with Crippen LogP contribution in [-0.2, 0) is 36.8 Å². The summed E-state index contributed by atoms with van der Waals surface area (Å²) in [7, 11) is 0. The molecule has 3 aromatic rings. The molecule has 0 saturated carbocycles. The maximum atomic E-state index is 13.4. The topological polar surface area (TPSA) is 268 Å². The number of aromatic nitrogens is 1.